The second-order valence-electron chi connectivity index (χ2n) is 4.21. The number of nitrogens with zero attached hydrogens (tertiary/aromatic N) is 1. The Bertz CT molecular complexity index is 356. The lowest BCUT2D eigenvalue weighted by atomic mass is 10.1. The van der Waals surface area contributed by atoms with Crippen LogP contribution in [0.5, 0.6) is 11.5 Å². The molecule has 0 spiro atoms. The number of aliphatic hydroxyl groups excluding tert-OH is 1. The molecule has 0 amide bonds. The highest BCUT2D eigenvalue weighted by atomic mass is 16.3. The van der Waals surface area contributed by atoms with Crippen LogP contribution in [-0.2, 0) is 6.42 Å². The quantitative estimate of drug-likeness (QED) is 0.327. The smallest absolute Gasteiger partial charge is 0.157 e. The summed E-state index contributed by atoms with van der Waals surface area (Å²) in [5.74, 6) is -0.198. The molecule has 1 aromatic carbocycles. The van der Waals surface area contributed by atoms with Crippen molar-refractivity contribution in [1.82, 2.24) is 10.4 Å². The van der Waals surface area contributed by atoms with Crippen molar-refractivity contribution in [1.29, 1.82) is 0 Å². The maximum absolute atomic E-state index is 9.33. The van der Waals surface area contributed by atoms with Crippen LogP contribution < -0.4 is 10.4 Å². The predicted octanol–water partition coefficient (Wildman–Crippen LogP) is 0.296. The Hall–Kier alpha value is -1.30. The van der Waals surface area contributed by atoms with Gasteiger partial charge in [0.15, 0.2) is 11.5 Å². The van der Waals surface area contributed by atoms with Crippen LogP contribution in [0.1, 0.15) is 12.5 Å². The largest absolute Gasteiger partial charge is 0.504 e. The first-order valence-corrected chi connectivity index (χ1v) is 5.62. The normalized spacial score (nSPS) is 12.9. The summed E-state index contributed by atoms with van der Waals surface area (Å²) in [5.41, 5.74) is 4.00. The molecular weight excluding hydrogens is 220 g/mol. The summed E-state index contributed by atoms with van der Waals surface area (Å²) in [5, 5.41) is 29.5. The molecule has 0 bridgehead atoms. The maximum atomic E-state index is 9.33. The number of hydrogen-bond donors (Lipinski definition) is 4. The highest BCUT2D eigenvalue weighted by molar-refractivity contribution is 5.40. The van der Waals surface area contributed by atoms with Gasteiger partial charge < -0.3 is 15.3 Å². The molecule has 0 unspecified atom stereocenters. The Labute approximate surface area is 101 Å². The molecule has 0 aromatic heterocycles. The standard InChI is InChI=1S/C12H20N2O3/c1-9(15)8-13-14(2)6-5-10-3-4-11(16)12(17)7-10/h3-4,7,9,13,15-17H,5-6,8H2,1-2H3/q+1/t9-/m0/s1. The molecule has 5 nitrogen and oxygen atoms in total. The van der Waals surface area contributed by atoms with Gasteiger partial charge in [0.05, 0.1) is 12.6 Å². The van der Waals surface area contributed by atoms with E-state index in [-0.39, 0.29) is 17.6 Å². The first kappa shape index (κ1) is 13.8. The molecule has 4 N–H and O–H groups in total. The molecule has 0 aliphatic rings. The van der Waals surface area contributed by atoms with Crippen molar-refractivity contribution < 1.29 is 15.3 Å². The van der Waals surface area contributed by atoms with Gasteiger partial charge >= 0.3 is 0 Å². The molecule has 0 heterocycles. The number of aromatic hydroxyl groups is 2. The van der Waals surface area contributed by atoms with Crippen LogP contribution in [0.15, 0.2) is 18.2 Å². The van der Waals surface area contributed by atoms with Gasteiger partial charge in [-0.1, -0.05) is 11.1 Å². The molecule has 0 aliphatic carbocycles. The van der Waals surface area contributed by atoms with Crippen LogP contribution in [0, 0.1) is 0 Å². The third-order valence-electron chi connectivity index (χ3n) is 2.43. The molecule has 1 radical (unpaired) electrons. The van der Waals surface area contributed by atoms with E-state index in [1.54, 1.807) is 19.1 Å². The molecule has 0 saturated carbocycles. The Kier molecular flexibility index (Phi) is 5.21. The van der Waals surface area contributed by atoms with Crippen molar-refractivity contribution in [2.75, 3.05) is 20.1 Å². The number of phenolic OH excluding ortho intramolecular Hbond substituents is 2. The molecule has 0 saturated heterocycles. The lowest BCUT2D eigenvalue weighted by Gasteiger charge is -2.09. The Balaban J connectivity index is 2.36. The number of benzene rings is 1. The SMILES string of the molecule is C[C@H](O)CN[N+](C)CCc1ccc(O)c(O)c1. The fraction of sp³-hybridized carbons (Fsp3) is 0.500. The van der Waals surface area contributed by atoms with Crippen molar-refractivity contribution in [3.63, 3.8) is 0 Å². The summed E-state index contributed by atoms with van der Waals surface area (Å²) in [4.78, 5) is 0. The molecule has 1 aromatic rings. The molecule has 1 atom stereocenters. The number of aliphatic hydroxyl groups is 1. The summed E-state index contributed by atoms with van der Waals surface area (Å²) < 4.78 is 0. The Morgan fingerprint density at radius 2 is 2.00 bits per heavy atom. The van der Waals surface area contributed by atoms with Crippen LogP contribution in [-0.4, -0.2) is 41.6 Å². The van der Waals surface area contributed by atoms with Crippen molar-refractivity contribution in [2.24, 2.45) is 0 Å². The van der Waals surface area contributed by atoms with Crippen molar-refractivity contribution >= 4 is 0 Å². The monoisotopic (exact) mass is 240 g/mol. The van der Waals surface area contributed by atoms with Crippen LogP contribution in [0.25, 0.3) is 0 Å². The van der Waals surface area contributed by atoms with E-state index < -0.39 is 0 Å². The van der Waals surface area contributed by atoms with Gasteiger partial charge in [-0.2, -0.15) is 0 Å². The average Bonchev–Trinajstić information content (AvgIpc) is 2.28. The van der Waals surface area contributed by atoms with E-state index in [4.69, 9.17) is 10.2 Å². The topological polar surface area (TPSA) is 78.6 Å². The molecule has 0 aliphatic heterocycles. The number of likely N-dealkylation sites (N-methyl/N-ethyl adjacent to an activating group) is 1. The van der Waals surface area contributed by atoms with Crippen molar-refractivity contribution in [3.8, 4) is 11.5 Å². The highest BCUT2D eigenvalue weighted by Gasteiger charge is 2.10. The van der Waals surface area contributed by atoms with Gasteiger partial charge in [0.2, 0.25) is 0 Å². The highest BCUT2D eigenvalue weighted by Crippen LogP contribution is 2.24. The summed E-state index contributed by atoms with van der Waals surface area (Å²) >= 11 is 0. The average molecular weight is 240 g/mol. The third kappa shape index (κ3) is 5.04. The van der Waals surface area contributed by atoms with Crippen molar-refractivity contribution in [3.05, 3.63) is 23.8 Å². The van der Waals surface area contributed by atoms with E-state index in [0.29, 0.717) is 6.54 Å². The Morgan fingerprint density at radius 1 is 1.29 bits per heavy atom. The zero-order valence-corrected chi connectivity index (χ0v) is 10.2. The summed E-state index contributed by atoms with van der Waals surface area (Å²) in [6.07, 6.45) is 0.368. The van der Waals surface area contributed by atoms with Gasteiger partial charge in [-0.05, 0) is 24.6 Å². The number of phenols is 2. The second-order valence-corrected chi connectivity index (χ2v) is 4.21. The first-order valence-electron chi connectivity index (χ1n) is 5.62. The minimum Gasteiger partial charge on any atom is -0.504 e. The zero-order chi connectivity index (χ0) is 12.8. The zero-order valence-electron chi connectivity index (χ0n) is 10.2. The summed E-state index contributed by atoms with van der Waals surface area (Å²) in [6, 6.07) is 4.81. The molecule has 17 heavy (non-hydrogen) atoms. The minimum atomic E-state index is -0.379. The molecule has 0 fully saturated rings. The van der Waals surface area contributed by atoms with Gasteiger partial charge in [0.1, 0.15) is 13.6 Å². The van der Waals surface area contributed by atoms with E-state index in [9.17, 15) is 5.11 Å². The molecule has 5 heteroatoms. The lowest BCUT2D eigenvalue weighted by molar-refractivity contribution is 0.171. The number of rotatable bonds is 6. The van der Waals surface area contributed by atoms with E-state index in [1.807, 2.05) is 12.1 Å². The fourth-order valence-electron chi connectivity index (χ4n) is 1.39. The summed E-state index contributed by atoms with van der Waals surface area (Å²) in [6.45, 7) is 2.98. The van der Waals surface area contributed by atoms with Crippen LogP contribution in [0.3, 0.4) is 0 Å². The van der Waals surface area contributed by atoms with Crippen LogP contribution in [0.4, 0.5) is 0 Å². The van der Waals surface area contributed by atoms with Gasteiger partial charge in [-0.15, -0.1) is 5.43 Å². The van der Waals surface area contributed by atoms with Gasteiger partial charge in [-0.25, -0.2) is 0 Å². The van der Waals surface area contributed by atoms with Gasteiger partial charge in [-0.3, -0.25) is 0 Å². The predicted molar refractivity (Wildman–Crippen MR) is 66.1 cm³/mol. The third-order valence-corrected chi connectivity index (χ3v) is 2.43. The number of nitrogens with one attached hydrogen (secondary N) is 1. The molecular formula is C12H20N2O3+. The van der Waals surface area contributed by atoms with E-state index in [0.717, 1.165) is 18.5 Å². The summed E-state index contributed by atoms with van der Waals surface area (Å²) in [7, 11) is 1.89. The number of hydrogen-bond acceptors (Lipinski definition) is 5. The van der Waals surface area contributed by atoms with Gasteiger partial charge in [0, 0.05) is 6.42 Å². The van der Waals surface area contributed by atoms with Crippen LogP contribution in [0.2, 0.25) is 0 Å². The van der Waals surface area contributed by atoms with Crippen molar-refractivity contribution in [2.45, 2.75) is 19.4 Å². The minimum absolute atomic E-state index is 0.0953. The second kappa shape index (κ2) is 6.44. The first-order chi connectivity index (χ1) is 7.99. The van der Waals surface area contributed by atoms with E-state index in [1.165, 1.54) is 6.07 Å². The van der Waals surface area contributed by atoms with E-state index >= 15 is 0 Å². The van der Waals surface area contributed by atoms with Gasteiger partial charge in [0.25, 0.3) is 0 Å². The van der Waals surface area contributed by atoms with Crippen LogP contribution >= 0.6 is 0 Å². The van der Waals surface area contributed by atoms with E-state index in [2.05, 4.69) is 5.43 Å². The maximum Gasteiger partial charge on any atom is 0.157 e. The fourth-order valence-corrected chi connectivity index (χ4v) is 1.39. The lowest BCUT2D eigenvalue weighted by Crippen LogP contribution is -2.44. The molecule has 95 valence electrons. The Morgan fingerprint density at radius 3 is 2.59 bits per heavy atom. The number of hydrazine groups is 1. The molecule has 1 rings (SSSR count).